The third-order valence-electron chi connectivity index (χ3n) is 13.7. The molecule has 15 heteroatoms. The van der Waals surface area contributed by atoms with Crippen molar-refractivity contribution in [3.8, 4) is 6.07 Å². The van der Waals surface area contributed by atoms with Crippen LogP contribution in [-0.4, -0.2) is 105 Å². The highest BCUT2D eigenvalue weighted by Crippen LogP contribution is 2.41. The second-order valence-corrected chi connectivity index (χ2v) is 17.6. The fourth-order valence-electron chi connectivity index (χ4n) is 10.5. The van der Waals surface area contributed by atoms with E-state index in [1.54, 1.807) is 42.3 Å². The van der Waals surface area contributed by atoms with Crippen molar-refractivity contribution in [3.63, 3.8) is 0 Å². The Labute approximate surface area is 349 Å². The molecule has 15 nitrogen and oxygen atoms in total. The van der Waals surface area contributed by atoms with Gasteiger partial charge in [-0.2, -0.15) is 5.26 Å². The molecule has 1 aromatic heterocycles. The Hall–Kier alpha value is -5.75. The fraction of sp³-hybridized carbons (Fsp3) is 0.533. The van der Waals surface area contributed by atoms with Crippen molar-refractivity contribution in [2.24, 2.45) is 11.7 Å². The van der Waals surface area contributed by atoms with E-state index in [2.05, 4.69) is 32.3 Å². The average molecular weight is 818 g/mol. The van der Waals surface area contributed by atoms with Gasteiger partial charge >= 0.3 is 0 Å². The molecule has 1 unspecified atom stereocenters. The van der Waals surface area contributed by atoms with Gasteiger partial charge in [-0.05, 0) is 87.1 Å². The van der Waals surface area contributed by atoms with Gasteiger partial charge in [0.25, 0.3) is 0 Å². The van der Waals surface area contributed by atoms with Crippen molar-refractivity contribution in [3.05, 3.63) is 71.4 Å². The molecule has 8 atom stereocenters. The predicted octanol–water partition coefficient (Wildman–Crippen LogP) is 2.22. The van der Waals surface area contributed by atoms with Crippen LogP contribution < -0.4 is 27.0 Å². The Morgan fingerprint density at radius 1 is 0.800 bits per heavy atom. The summed E-state index contributed by atoms with van der Waals surface area (Å²) in [5, 5.41) is 22.2. The third-order valence-corrected chi connectivity index (χ3v) is 13.7. The maximum absolute atomic E-state index is 14.9. The number of aromatic amines is 1. The lowest BCUT2D eigenvalue weighted by atomic mass is 9.84. The monoisotopic (exact) mass is 817 g/mol. The zero-order chi connectivity index (χ0) is 42.1. The molecular formula is C45H55N9O6. The highest BCUT2D eigenvalue weighted by atomic mass is 16.2. The lowest BCUT2D eigenvalue weighted by Crippen LogP contribution is -2.66. The Morgan fingerprint density at radius 2 is 1.53 bits per heavy atom. The second kappa shape index (κ2) is 17.1. The SMILES string of the molecule is CC(N)[C@@H]1NC(=O)[C@H](Cc2c[nH]c3ccccc23)NC(=O)C2(CCCC2)NC(=O)[C@H](Cc2ccc(C#N)cc2)NC(=O)[C@@H]2C[C@@H]3CCCC[C@@H]3N2C(=O)[C@H]2CCCN2C1=O. The van der Waals surface area contributed by atoms with Gasteiger partial charge < -0.3 is 41.8 Å². The Kier molecular flexibility index (Phi) is 11.7. The molecule has 0 radical (unpaired) electrons. The van der Waals surface area contributed by atoms with Gasteiger partial charge in [-0.15, -0.1) is 0 Å². The van der Waals surface area contributed by atoms with Gasteiger partial charge in [-0.25, -0.2) is 0 Å². The van der Waals surface area contributed by atoms with Gasteiger partial charge in [0, 0.05) is 48.6 Å². The van der Waals surface area contributed by atoms with Gasteiger partial charge in [0.05, 0.1) is 11.6 Å². The van der Waals surface area contributed by atoms with Crippen LogP contribution in [0, 0.1) is 17.2 Å². The van der Waals surface area contributed by atoms with Crippen LogP contribution in [0.4, 0.5) is 0 Å². The van der Waals surface area contributed by atoms with E-state index in [0.29, 0.717) is 56.1 Å². The normalized spacial score (nSPS) is 29.4. The summed E-state index contributed by atoms with van der Waals surface area (Å²) >= 11 is 0. The number of carbonyl (C=O) groups is 6. The summed E-state index contributed by atoms with van der Waals surface area (Å²) in [6.45, 7) is 1.90. The van der Waals surface area contributed by atoms with Crippen LogP contribution in [0.3, 0.4) is 0 Å². The van der Waals surface area contributed by atoms with Gasteiger partial charge in [-0.1, -0.05) is 56.0 Å². The van der Waals surface area contributed by atoms with Crippen LogP contribution in [0.15, 0.2) is 54.7 Å². The number of aromatic nitrogens is 1. The molecule has 60 heavy (non-hydrogen) atoms. The average Bonchev–Trinajstić information content (AvgIpc) is 4.08. The largest absolute Gasteiger partial charge is 0.361 e. The number of nitriles is 1. The summed E-state index contributed by atoms with van der Waals surface area (Å²) < 4.78 is 0. The first-order valence-electron chi connectivity index (χ1n) is 21.6. The molecule has 3 saturated heterocycles. The number of nitrogens with zero attached hydrogens (tertiary/aromatic N) is 3. The van der Waals surface area contributed by atoms with Crippen molar-refractivity contribution in [2.45, 2.75) is 138 Å². The number of fused-ring (bicyclic) bond motifs is 5. The first kappa shape index (κ1) is 41.0. The molecule has 5 fully saturated rings. The highest BCUT2D eigenvalue weighted by molar-refractivity contribution is 6.00. The Morgan fingerprint density at radius 3 is 2.28 bits per heavy atom. The lowest BCUT2D eigenvalue weighted by molar-refractivity contribution is -0.150. The van der Waals surface area contributed by atoms with Crippen molar-refractivity contribution in [2.75, 3.05) is 6.54 Å². The summed E-state index contributed by atoms with van der Waals surface area (Å²) in [5.74, 6) is -2.92. The van der Waals surface area contributed by atoms with E-state index in [1.165, 1.54) is 4.90 Å². The molecule has 7 N–H and O–H groups in total. The molecule has 8 rings (SSSR count). The minimum Gasteiger partial charge on any atom is -0.361 e. The maximum Gasteiger partial charge on any atom is 0.247 e. The minimum atomic E-state index is -1.40. The van der Waals surface area contributed by atoms with Crippen LogP contribution in [0.25, 0.3) is 10.9 Å². The molecule has 5 aliphatic rings. The summed E-state index contributed by atoms with van der Waals surface area (Å²) in [5.41, 5.74) is 7.80. The molecule has 6 amide bonds. The fourth-order valence-corrected chi connectivity index (χ4v) is 10.5. The number of amides is 6. The summed E-state index contributed by atoms with van der Waals surface area (Å²) in [6.07, 6.45) is 8.62. The number of carbonyl (C=O) groups excluding carboxylic acids is 6. The molecular weight excluding hydrogens is 763 g/mol. The van der Waals surface area contributed by atoms with Crippen LogP contribution in [0.5, 0.6) is 0 Å². The van der Waals surface area contributed by atoms with Crippen LogP contribution in [0.1, 0.15) is 94.2 Å². The smallest absolute Gasteiger partial charge is 0.247 e. The number of hydrogen-bond acceptors (Lipinski definition) is 8. The van der Waals surface area contributed by atoms with Gasteiger partial charge in [0.2, 0.25) is 35.4 Å². The number of H-pyrrole nitrogens is 1. The van der Waals surface area contributed by atoms with Crippen LogP contribution >= 0.6 is 0 Å². The van der Waals surface area contributed by atoms with Gasteiger partial charge in [-0.3, -0.25) is 28.8 Å². The van der Waals surface area contributed by atoms with Crippen molar-refractivity contribution in [1.29, 1.82) is 5.26 Å². The maximum atomic E-state index is 14.9. The molecule has 0 bridgehead atoms. The standard InChI is InChI=1S/C45H55N9O6/c1-26(47)38-43(59)53-20-8-13-36(53)42(58)54-35-12-5-2-9-29(35)23-37(54)41(57)49-33(21-27-14-16-28(24-46)17-15-27)40(56)52-45(18-6-7-19-45)44(60)50-34(39(55)51-38)22-30-25-48-32-11-4-3-10-31(30)32/h3-4,10-11,14-17,25-26,29,33-38,48H,2,5-9,12-13,18-23,47H2,1H3,(H,49,57)(H,50,60)(H,51,55)(H,52,56)/t26?,29-,33-,34-,35-,36+,37-,38-/m0/s1. The number of benzene rings is 2. The molecule has 4 heterocycles. The third kappa shape index (κ3) is 7.97. The molecule has 3 aromatic rings. The molecule has 3 aliphatic heterocycles. The van der Waals surface area contributed by atoms with Crippen LogP contribution in [0.2, 0.25) is 0 Å². The molecule has 316 valence electrons. The van der Waals surface area contributed by atoms with E-state index in [0.717, 1.165) is 42.1 Å². The van der Waals surface area contributed by atoms with Crippen molar-refractivity contribution in [1.82, 2.24) is 36.1 Å². The van der Waals surface area contributed by atoms with E-state index < -0.39 is 71.3 Å². The van der Waals surface area contributed by atoms with E-state index in [4.69, 9.17) is 5.73 Å². The highest BCUT2D eigenvalue weighted by Gasteiger charge is 2.52. The van der Waals surface area contributed by atoms with E-state index in [9.17, 15) is 34.0 Å². The Balaban J connectivity index is 1.19. The quantitative estimate of drug-likeness (QED) is 0.224. The zero-order valence-corrected chi connectivity index (χ0v) is 34.1. The summed E-state index contributed by atoms with van der Waals surface area (Å²) in [6, 6.07) is 10.1. The lowest BCUT2D eigenvalue weighted by Gasteiger charge is -2.38. The van der Waals surface area contributed by atoms with Crippen molar-refractivity contribution >= 4 is 46.3 Å². The van der Waals surface area contributed by atoms with Gasteiger partial charge in [0.15, 0.2) is 0 Å². The summed E-state index contributed by atoms with van der Waals surface area (Å²) in [4.78, 5) is 94.5. The number of nitrogens with one attached hydrogen (secondary N) is 5. The van der Waals surface area contributed by atoms with E-state index in [1.807, 2.05) is 24.3 Å². The van der Waals surface area contributed by atoms with Crippen LogP contribution in [-0.2, 0) is 41.6 Å². The number of nitrogens with two attached hydrogens (primary N) is 1. The number of para-hydroxylation sites is 1. The second-order valence-electron chi connectivity index (χ2n) is 17.6. The molecule has 1 spiro atoms. The minimum absolute atomic E-state index is 0.0592. The molecule has 2 aromatic carbocycles. The predicted molar refractivity (Wildman–Crippen MR) is 221 cm³/mol. The number of hydrogen-bond donors (Lipinski definition) is 6. The topological polar surface area (TPSA) is 223 Å². The first-order chi connectivity index (χ1) is 29.0. The number of rotatable bonds is 5. The zero-order valence-electron chi connectivity index (χ0n) is 34.1. The molecule has 2 aliphatic carbocycles. The first-order valence-corrected chi connectivity index (χ1v) is 21.6. The van der Waals surface area contributed by atoms with E-state index >= 15 is 0 Å². The van der Waals surface area contributed by atoms with Gasteiger partial charge in [0.1, 0.15) is 35.7 Å². The summed E-state index contributed by atoms with van der Waals surface area (Å²) in [7, 11) is 0. The Bertz CT molecular complexity index is 2190. The van der Waals surface area contributed by atoms with Crippen molar-refractivity contribution < 1.29 is 28.8 Å². The molecule has 2 saturated carbocycles. The van der Waals surface area contributed by atoms with E-state index in [-0.39, 0.29) is 37.3 Å².